The quantitative estimate of drug-likeness (QED) is 0.777. The number of esters is 1. The number of hydrogen-bond donors (Lipinski definition) is 1. The number of fused-ring (bicyclic) bond motifs is 1. The molecule has 0 unspecified atom stereocenters. The average molecular weight is 224 g/mol. The molecular formula is C9H8N2O3S. The number of rotatable bonds is 2. The molecule has 0 bridgehead atoms. The van der Waals surface area contributed by atoms with Crippen molar-refractivity contribution in [2.75, 3.05) is 6.61 Å². The SMILES string of the molecule is CCOC(=O)c1cc2[nH]c(=O)cnc2s1. The van der Waals surface area contributed by atoms with Crippen LogP contribution in [0.4, 0.5) is 0 Å². The molecule has 0 saturated carbocycles. The van der Waals surface area contributed by atoms with Gasteiger partial charge in [0.05, 0.1) is 18.3 Å². The Kier molecular flexibility index (Phi) is 2.51. The van der Waals surface area contributed by atoms with Crippen molar-refractivity contribution < 1.29 is 9.53 Å². The standard InChI is InChI=1S/C9H8N2O3S/c1-2-14-9(13)6-3-5-8(15-6)10-4-7(12)11-5/h3-4H,2H2,1H3,(H,11,12). The molecule has 5 nitrogen and oxygen atoms in total. The van der Waals surface area contributed by atoms with Crippen molar-refractivity contribution in [2.45, 2.75) is 6.92 Å². The number of aromatic amines is 1. The van der Waals surface area contributed by atoms with Gasteiger partial charge in [-0.05, 0) is 13.0 Å². The lowest BCUT2D eigenvalue weighted by atomic mass is 10.4. The van der Waals surface area contributed by atoms with Gasteiger partial charge in [-0.3, -0.25) is 4.79 Å². The van der Waals surface area contributed by atoms with Gasteiger partial charge < -0.3 is 9.72 Å². The van der Waals surface area contributed by atoms with Gasteiger partial charge in [-0.25, -0.2) is 9.78 Å². The summed E-state index contributed by atoms with van der Waals surface area (Å²) in [6.45, 7) is 2.07. The van der Waals surface area contributed by atoms with E-state index in [1.807, 2.05) is 0 Å². The fraction of sp³-hybridized carbons (Fsp3) is 0.222. The van der Waals surface area contributed by atoms with Crippen molar-refractivity contribution in [3.05, 3.63) is 27.5 Å². The van der Waals surface area contributed by atoms with Gasteiger partial charge in [0.25, 0.3) is 5.56 Å². The van der Waals surface area contributed by atoms with Gasteiger partial charge in [-0.1, -0.05) is 0 Å². The normalized spacial score (nSPS) is 10.5. The minimum absolute atomic E-state index is 0.282. The number of ether oxygens (including phenoxy) is 1. The Morgan fingerprint density at radius 2 is 2.47 bits per heavy atom. The summed E-state index contributed by atoms with van der Waals surface area (Å²) >= 11 is 1.20. The van der Waals surface area contributed by atoms with E-state index >= 15 is 0 Å². The molecule has 2 rings (SSSR count). The minimum atomic E-state index is -0.388. The van der Waals surface area contributed by atoms with E-state index in [2.05, 4.69) is 9.97 Å². The highest BCUT2D eigenvalue weighted by Crippen LogP contribution is 2.21. The second-order valence-electron chi connectivity index (χ2n) is 2.80. The maximum Gasteiger partial charge on any atom is 0.348 e. The summed E-state index contributed by atoms with van der Waals surface area (Å²) in [7, 11) is 0. The maximum absolute atomic E-state index is 11.4. The molecule has 15 heavy (non-hydrogen) atoms. The van der Waals surface area contributed by atoms with Gasteiger partial charge in [0.15, 0.2) is 0 Å². The van der Waals surface area contributed by atoms with E-state index in [9.17, 15) is 9.59 Å². The smallest absolute Gasteiger partial charge is 0.348 e. The minimum Gasteiger partial charge on any atom is -0.462 e. The number of carbonyl (C=O) groups excluding carboxylic acids is 1. The molecule has 0 aromatic carbocycles. The number of nitrogens with zero attached hydrogens (tertiary/aromatic N) is 1. The molecule has 2 heterocycles. The van der Waals surface area contributed by atoms with Crippen molar-refractivity contribution >= 4 is 27.7 Å². The van der Waals surface area contributed by atoms with Crippen molar-refractivity contribution in [2.24, 2.45) is 0 Å². The lowest BCUT2D eigenvalue weighted by molar-refractivity contribution is 0.0532. The lowest BCUT2D eigenvalue weighted by Gasteiger charge is -1.95. The molecule has 0 aliphatic heterocycles. The molecule has 0 radical (unpaired) electrons. The third-order valence-corrected chi connectivity index (χ3v) is 2.77. The molecule has 0 amide bonds. The number of thiophene rings is 1. The van der Waals surface area contributed by atoms with E-state index in [4.69, 9.17) is 4.74 Å². The Bertz CT molecular complexity index is 558. The number of carbonyl (C=O) groups is 1. The van der Waals surface area contributed by atoms with E-state index < -0.39 is 0 Å². The first-order chi connectivity index (χ1) is 7.20. The molecule has 0 fully saturated rings. The van der Waals surface area contributed by atoms with E-state index in [-0.39, 0.29) is 11.5 Å². The van der Waals surface area contributed by atoms with Crippen molar-refractivity contribution in [1.29, 1.82) is 0 Å². The first-order valence-corrected chi connectivity index (χ1v) is 5.18. The predicted octanol–water partition coefficient (Wildman–Crippen LogP) is 1.16. The van der Waals surface area contributed by atoms with Crippen LogP contribution in [0.3, 0.4) is 0 Å². The van der Waals surface area contributed by atoms with Crippen LogP contribution >= 0.6 is 11.3 Å². The largest absolute Gasteiger partial charge is 0.462 e. The van der Waals surface area contributed by atoms with Gasteiger partial charge in [0.2, 0.25) is 0 Å². The second kappa shape index (κ2) is 3.82. The third-order valence-electron chi connectivity index (χ3n) is 1.75. The summed E-state index contributed by atoms with van der Waals surface area (Å²) in [6.07, 6.45) is 1.19. The van der Waals surface area contributed by atoms with E-state index in [1.165, 1.54) is 17.5 Å². The molecule has 2 aromatic rings. The second-order valence-corrected chi connectivity index (χ2v) is 3.83. The van der Waals surface area contributed by atoms with Gasteiger partial charge in [0.1, 0.15) is 9.71 Å². The first kappa shape index (κ1) is 9.85. The molecule has 2 aromatic heterocycles. The number of aromatic nitrogens is 2. The van der Waals surface area contributed by atoms with Crippen LogP contribution in [0.2, 0.25) is 0 Å². The number of hydrogen-bond acceptors (Lipinski definition) is 5. The molecule has 0 atom stereocenters. The van der Waals surface area contributed by atoms with Crippen LogP contribution in [-0.4, -0.2) is 22.5 Å². The van der Waals surface area contributed by atoms with Crippen LogP contribution < -0.4 is 5.56 Å². The highest BCUT2D eigenvalue weighted by Gasteiger charge is 2.11. The Labute approximate surface area is 88.7 Å². The molecule has 0 spiro atoms. The lowest BCUT2D eigenvalue weighted by Crippen LogP contribution is -2.03. The molecule has 1 N–H and O–H groups in total. The highest BCUT2D eigenvalue weighted by molar-refractivity contribution is 7.20. The summed E-state index contributed by atoms with van der Waals surface area (Å²) in [4.78, 5) is 29.9. The van der Waals surface area contributed by atoms with Gasteiger partial charge in [0, 0.05) is 0 Å². The number of nitrogens with one attached hydrogen (secondary N) is 1. The summed E-state index contributed by atoms with van der Waals surface area (Å²) in [5.41, 5.74) is 0.284. The molecular weight excluding hydrogens is 216 g/mol. The first-order valence-electron chi connectivity index (χ1n) is 4.36. The molecule has 78 valence electrons. The number of H-pyrrole nitrogens is 1. The fourth-order valence-electron chi connectivity index (χ4n) is 1.15. The van der Waals surface area contributed by atoms with E-state index in [0.29, 0.717) is 21.8 Å². The summed E-state index contributed by atoms with van der Waals surface area (Å²) in [5.74, 6) is -0.388. The fourth-order valence-corrected chi connectivity index (χ4v) is 2.00. The van der Waals surface area contributed by atoms with Gasteiger partial charge in [-0.2, -0.15) is 0 Å². The molecule has 0 saturated heterocycles. The predicted molar refractivity (Wildman–Crippen MR) is 56.2 cm³/mol. The summed E-state index contributed by atoms with van der Waals surface area (Å²) < 4.78 is 4.84. The van der Waals surface area contributed by atoms with Crippen LogP contribution in [0.5, 0.6) is 0 Å². The third kappa shape index (κ3) is 1.89. The Morgan fingerprint density at radius 3 is 3.20 bits per heavy atom. The monoisotopic (exact) mass is 224 g/mol. The van der Waals surface area contributed by atoms with Crippen LogP contribution in [0.25, 0.3) is 10.3 Å². The van der Waals surface area contributed by atoms with E-state index in [0.717, 1.165) is 0 Å². The van der Waals surface area contributed by atoms with Crippen LogP contribution in [0.1, 0.15) is 16.6 Å². The highest BCUT2D eigenvalue weighted by atomic mass is 32.1. The average Bonchev–Trinajstić information content (AvgIpc) is 2.60. The zero-order valence-electron chi connectivity index (χ0n) is 7.94. The Hall–Kier alpha value is -1.69. The molecule has 0 aliphatic carbocycles. The van der Waals surface area contributed by atoms with Gasteiger partial charge in [-0.15, -0.1) is 11.3 Å². The van der Waals surface area contributed by atoms with Crippen molar-refractivity contribution in [3.8, 4) is 0 Å². The Morgan fingerprint density at radius 1 is 1.67 bits per heavy atom. The zero-order valence-corrected chi connectivity index (χ0v) is 8.76. The summed E-state index contributed by atoms with van der Waals surface area (Å²) in [6, 6.07) is 1.58. The van der Waals surface area contributed by atoms with Crippen molar-refractivity contribution in [3.63, 3.8) is 0 Å². The van der Waals surface area contributed by atoms with Crippen LogP contribution in [-0.2, 0) is 4.74 Å². The van der Waals surface area contributed by atoms with Gasteiger partial charge >= 0.3 is 5.97 Å². The van der Waals surface area contributed by atoms with Crippen LogP contribution in [0, 0.1) is 0 Å². The van der Waals surface area contributed by atoms with Crippen LogP contribution in [0.15, 0.2) is 17.1 Å². The zero-order chi connectivity index (χ0) is 10.8. The molecule has 0 aliphatic rings. The molecule has 6 heteroatoms. The van der Waals surface area contributed by atoms with Crippen molar-refractivity contribution in [1.82, 2.24) is 9.97 Å². The summed E-state index contributed by atoms with van der Waals surface area (Å²) in [5, 5.41) is 0. The Balaban J connectivity index is 2.47. The maximum atomic E-state index is 11.4. The van der Waals surface area contributed by atoms with E-state index in [1.54, 1.807) is 13.0 Å². The topological polar surface area (TPSA) is 72.1 Å².